The molecule has 0 spiro atoms. The first-order valence-corrected chi connectivity index (χ1v) is 8.31. The predicted molar refractivity (Wildman–Crippen MR) is 82.7 cm³/mol. The van der Waals surface area contributed by atoms with Crippen molar-refractivity contribution in [2.45, 2.75) is 71.4 Å². The van der Waals surface area contributed by atoms with Gasteiger partial charge in [0.25, 0.3) is 0 Å². The van der Waals surface area contributed by atoms with Crippen molar-refractivity contribution in [1.82, 2.24) is 10.2 Å². The number of ether oxygens (including phenoxy) is 1. The van der Waals surface area contributed by atoms with E-state index in [4.69, 9.17) is 4.74 Å². The largest absolute Gasteiger partial charge is 0.380 e. The SMILES string of the molecule is CCCNC(COCC)C(CC)(CC)N1CCCC1. The number of nitrogens with one attached hydrogen (secondary N) is 1. The van der Waals surface area contributed by atoms with Crippen LogP contribution in [-0.4, -0.2) is 49.3 Å². The lowest BCUT2D eigenvalue weighted by molar-refractivity contribution is 0.0139. The minimum atomic E-state index is 0.279. The molecule has 1 rings (SSSR count). The standard InChI is InChI=1S/C16H34N2O/c1-5-11-17-15(14-19-8-4)16(6-2,7-3)18-12-9-10-13-18/h15,17H,5-14H2,1-4H3. The first-order chi connectivity index (χ1) is 9.25. The first kappa shape index (κ1) is 16.9. The summed E-state index contributed by atoms with van der Waals surface area (Å²) in [7, 11) is 0. The molecule has 0 aromatic rings. The average Bonchev–Trinajstić information content (AvgIpc) is 2.97. The van der Waals surface area contributed by atoms with Crippen LogP contribution in [0.15, 0.2) is 0 Å². The molecule has 1 heterocycles. The topological polar surface area (TPSA) is 24.5 Å². The van der Waals surface area contributed by atoms with E-state index in [1.807, 2.05) is 0 Å². The van der Waals surface area contributed by atoms with Crippen LogP contribution >= 0.6 is 0 Å². The van der Waals surface area contributed by atoms with Gasteiger partial charge in [0.1, 0.15) is 0 Å². The number of rotatable bonds is 10. The summed E-state index contributed by atoms with van der Waals surface area (Å²) in [6.45, 7) is 14.3. The fourth-order valence-corrected chi connectivity index (χ4v) is 3.53. The Kier molecular flexibility index (Phi) is 7.96. The highest BCUT2D eigenvalue weighted by Gasteiger charge is 2.41. The van der Waals surface area contributed by atoms with Crippen molar-refractivity contribution in [3.8, 4) is 0 Å². The van der Waals surface area contributed by atoms with Crippen LogP contribution < -0.4 is 5.32 Å². The fourth-order valence-electron chi connectivity index (χ4n) is 3.53. The maximum atomic E-state index is 5.77. The summed E-state index contributed by atoms with van der Waals surface area (Å²) in [5.41, 5.74) is 0.279. The van der Waals surface area contributed by atoms with Crippen LogP contribution in [0.25, 0.3) is 0 Å². The van der Waals surface area contributed by atoms with E-state index in [0.717, 1.165) is 19.8 Å². The molecule has 0 aromatic heterocycles. The number of hydrogen-bond donors (Lipinski definition) is 1. The Morgan fingerprint density at radius 1 is 1.11 bits per heavy atom. The molecule has 1 saturated heterocycles. The van der Waals surface area contributed by atoms with E-state index in [1.165, 1.54) is 45.2 Å². The van der Waals surface area contributed by atoms with E-state index >= 15 is 0 Å². The van der Waals surface area contributed by atoms with Crippen LogP contribution in [0.1, 0.15) is 59.8 Å². The van der Waals surface area contributed by atoms with Crippen LogP contribution in [-0.2, 0) is 4.74 Å². The normalized spacial score (nSPS) is 18.9. The molecule has 114 valence electrons. The molecule has 3 nitrogen and oxygen atoms in total. The van der Waals surface area contributed by atoms with Gasteiger partial charge in [0.2, 0.25) is 0 Å². The number of likely N-dealkylation sites (tertiary alicyclic amines) is 1. The van der Waals surface area contributed by atoms with Gasteiger partial charge in [-0.3, -0.25) is 4.90 Å². The van der Waals surface area contributed by atoms with Crippen molar-refractivity contribution < 1.29 is 4.74 Å². The molecule has 0 saturated carbocycles. The van der Waals surface area contributed by atoms with Gasteiger partial charge in [-0.05, 0) is 58.7 Å². The Morgan fingerprint density at radius 3 is 2.21 bits per heavy atom. The molecule has 0 radical (unpaired) electrons. The highest BCUT2D eigenvalue weighted by molar-refractivity contribution is 5.00. The molecule has 1 atom stereocenters. The van der Waals surface area contributed by atoms with E-state index in [0.29, 0.717) is 6.04 Å². The fraction of sp³-hybridized carbons (Fsp3) is 1.00. The lowest BCUT2D eigenvalue weighted by atomic mass is 9.83. The molecule has 1 aliphatic heterocycles. The molecule has 1 N–H and O–H groups in total. The first-order valence-electron chi connectivity index (χ1n) is 8.31. The van der Waals surface area contributed by atoms with E-state index in [9.17, 15) is 0 Å². The molecule has 0 aromatic carbocycles. The quantitative estimate of drug-likeness (QED) is 0.660. The highest BCUT2D eigenvalue weighted by Crippen LogP contribution is 2.31. The summed E-state index contributed by atoms with van der Waals surface area (Å²) in [5.74, 6) is 0. The van der Waals surface area contributed by atoms with Crippen molar-refractivity contribution in [3.63, 3.8) is 0 Å². The second-order valence-corrected chi connectivity index (χ2v) is 5.67. The Bertz CT molecular complexity index is 215. The van der Waals surface area contributed by atoms with Gasteiger partial charge in [-0.1, -0.05) is 20.8 Å². The lowest BCUT2D eigenvalue weighted by Crippen LogP contribution is -2.62. The molecule has 1 unspecified atom stereocenters. The molecule has 0 aliphatic carbocycles. The smallest absolute Gasteiger partial charge is 0.0637 e. The third-order valence-corrected chi connectivity index (χ3v) is 4.74. The molecular weight excluding hydrogens is 236 g/mol. The number of nitrogens with zero attached hydrogens (tertiary/aromatic N) is 1. The Labute approximate surface area is 120 Å². The van der Waals surface area contributed by atoms with Gasteiger partial charge in [0, 0.05) is 18.2 Å². The molecule has 0 bridgehead atoms. The zero-order valence-electron chi connectivity index (χ0n) is 13.5. The summed E-state index contributed by atoms with van der Waals surface area (Å²) in [6, 6.07) is 0.459. The van der Waals surface area contributed by atoms with Gasteiger partial charge in [-0.15, -0.1) is 0 Å². The summed E-state index contributed by atoms with van der Waals surface area (Å²) in [4.78, 5) is 2.72. The zero-order valence-corrected chi connectivity index (χ0v) is 13.5. The van der Waals surface area contributed by atoms with E-state index in [1.54, 1.807) is 0 Å². The molecular formula is C16H34N2O. The van der Waals surface area contributed by atoms with Crippen molar-refractivity contribution in [2.75, 3.05) is 32.8 Å². The molecule has 3 heteroatoms. The second-order valence-electron chi connectivity index (χ2n) is 5.67. The van der Waals surface area contributed by atoms with Crippen molar-refractivity contribution in [1.29, 1.82) is 0 Å². The van der Waals surface area contributed by atoms with Gasteiger partial charge >= 0.3 is 0 Å². The van der Waals surface area contributed by atoms with Crippen LogP contribution in [0.2, 0.25) is 0 Å². The monoisotopic (exact) mass is 270 g/mol. The maximum Gasteiger partial charge on any atom is 0.0637 e. The van der Waals surface area contributed by atoms with Gasteiger partial charge in [0.05, 0.1) is 6.61 Å². The highest BCUT2D eigenvalue weighted by atomic mass is 16.5. The Morgan fingerprint density at radius 2 is 1.74 bits per heavy atom. The minimum Gasteiger partial charge on any atom is -0.380 e. The van der Waals surface area contributed by atoms with Crippen molar-refractivity contribution in [2.24, 2.45) is 0 Å². The van der Waals surface area contributed by atoms with E-state index < -0.39 is 0 Å². The maximum absolute atomic E-state index is 5.77. The number of hydrogen-bond acceptors (Lipinski definition) is 3. The van der Waals surface area contributed by atoms with Gasteiger partial charge in [-0.25, -0.2) is 0 Å². The summed E-state index contributed by atoms with van der Waals surface area (Å²) >= 11 is 0. The van der Waals surface area contributed by atoms with E-state index in [-0.39, 0.29) is 5.54 Å². The van der Waals surface area contributed by atoms with Gasteiger partial charge < -0.3 is 10.1 Å². The van der Waals surface area contributed by atoms with Crippen LogP contribution in [0.5, 0.6) is 0 Å². The van der Waals surface area contributed by atoms with Crippen LogP contribution in [0, 0.1) is 0 Å². The summed E-state index contributed by atoms with van der Waals surface area (Å²) in [6.07, 6.45) is 6.32. The Hall–Kier alpha value is -0.120. The van der Waals surface area contributed by atoms with Crippen molar-refractivity contribution in [3.05, 3.63) is 0 Å². The van der Waals surface area contributed by atoms with Crippen LogP contribution in [0.3, 0.4) is 0 Å². The predicted octanol–water partition coefficient (Wildman–Crippen LogP) is 3.05. The molecule has 1 fully saturated rings. The Balaban J connectivity index is 2.81. The zero-order chi connectivity index (χ0) is 14.1. The van der Waals surface area contributed by atoms with Crippen molar-refractivity contribution >= 4 is 0 Å². The van der Waals surface area contributed by atoms with Crippen LogP contribution in [0.4, 0.5) is 0 Å². The summed E-state index contributed by atoms with van der Waals surface area (Å²) in [5, 5.41) is 3.76. The lowest BCUT2D eigenvalue weighted by Gasteiger charge is -2.47. The van der Waals surface area contributed by atoms with Gasteiger partial charge in [0.15, 0.2) is 0 Å². The molecule has 1 aliphatic rings. The second kappa shape index (κ2) is 8.93. The average molecular weight is 270 g/mol. The minimum absolute atomic E-state index is 0.279. The van der Waals surface area contributed by atoms with E-state index in [2.05, 4.69) is 37.9 Å². The van der Waals surface area contributed by atoms with Gasteiger partial charge in [-0.2, -0.15) is 0 Å². The third-order valence-electron chi connectivity index (χ3n) is 4.74. The summed E-state index contributed by atoms with van der Waals surface area (Å²) < 4.78 is 5.77. The molecule has 19 heavy (non-hydrogen) atoms. The third kappa shape index (κ3) is 4.17. The molecule has 0 amide bonds.